The first-order valence-corrected chi connectivity index (χ1v) is 10.8. The molecule has 0 aliphatic carbocycles. The molecule has 1 aliphatic rings. The second kappa shape index (κ2) is 8.97. The molecule has 0 saturated heterocycles. The first kappa shape index (κ1) is 23.2. The van der Waals surface area contributed by atoms with Crippen molar-refractivity contribution in [3.63, 3.8) is 0 Å². The molecular formula is C26H31F3O2. The molecule has 1 atom stereocenters. The molecule has 168 valence electrons. The predicted octanol–water partition coefficient (Wildman–Crippen LogP) is 7.47. The van der Waals surface area contributed by atoms with Crippen molar-refractivity contribution in [1.82, 2.24) is 0 Å². The van der Waals surface area contributed by atoms with Crippen LogP contribution in [0.4, 0.5) is 13.2 Å². The molecular weight excluding hydrogens is 401 g/mol. The van der Waals surface area contributed by atoms with Crippen molar-refractivity contribution in [3.05, 3.63) is 69.8 Å². The number of aromatic hydroxyl groups is 1. The van der Waals surface area contributed by atoms with Gasteiger partial charge in [-0.3, -0.25) is 0 Å². The van der Waals surface area contributed by atoms with Crippen LogP contribution in [-0.2, 0) is 19.0 Å². The lowest BCUT2D eigenvalue weighted by Crippen LogP contribution is -2.36. The number of hydrogen-bond acceptors (Lipinski definition) is 2. The van der Waals surface area contributed by atoms with Crippen LogP contribution in [-0.4, -0.2) is 10.7 Å². The van der Waals surface area contributed by atoms with E-state index in [9.17, 15) is 18.3 Å². The van der Waals surface area contributed by atoms with Crippen LogP contribution in [0.2, 0.25) is 0 Å². The number of fused-ring (bicyclic) bond motifs is 1. The highest BCUT2D eigenvalue weighted by Crippen LogP contribution is 2.41. The molecule has 0 saturated carbocycles. The summed E-state index contributed by atoms with van der Waals surface area (Å²) in [5, 5.41) is 10.1. The van der Waals surface area contributed by atoms with Crippen LogP contribution in [0.25, 0.3) is 0 Å². The van der Waals surface area contributed by atoms with Gasteiger partial charge in [0.25, 0.3) is 0 Å². The van der Waals surface area contributed by atoms with E-state index in [0.29, 0.717) is 17.7 Å². The molecule has 0 aromatic heterocycles. The number of aryl methyl sites for hydroxylation is 2. The zero-order valence-corrected chi connectivity index (χ0v) is 18.7. The van der Waals surface area contributed by atoms with E-state index in [1.807, 2.05) is 26.8 Å². The molecule has 0 radical (unpaired) electrons. The van der Waals surface area contributed by atoms with Crippen molar-refractivity contribution in [2.75, 3.05) is 0 Å². The second-order valence-electron chi connectivity index (χ2n) is 8.97. The molecule has 3 rings (SSSR count). The van der Waals surface area contributed by atoms with Gasteiger partial charge in [-0.1, -0.05) is 29.8 Å². The summed E-state index contributed by atoms with van der Waals surface area (Å²) in [7, 11) is 0. The molecule has 2 aromatic carbocycles. The quantitative estimate of drug-likeness (QED) is 0.480. The average molecular weight is 433 g/mol. The van der Waals surface area contributed by atoms with Gasteiger partial charge in [-0.05, 0) is 101 Å². The molecule has 1 heterocycles. The number of hydrogen-bond donors (Lipinski definition) is 1. The Hall–Kier alpha value is -2.43. The SMILES string of the molecule is C/C(=C\CCC1(C)CCc2cc(O)c(C)c(C)c2O1)CCc1cccc(C(F)(F)F)c1. The first-order valence-electron chi connectivity index (χ1n) is 10.8. The van der Waals surface area contributed by atoms with Crippen molar-refractivity contribution in [2.24, 2.45) is 0 Å². The van der Waals surface area contributed by atoms with Crippen molar-refractivity contribution < 1.29 is 23.0 Å². The van der Waals surface area contributed by atoms with Gasteiger partial charge in [0.2, 0.25) is 0 Å². The van der Waals surface area contributed by atoms with Gasteiger partial charge in [-0.25, -0.2) is 0 Å². The summed E-state index contributed by atoms with van der Waals surface area (Å²) in [6, 6.07) is 7.39. The van der Waals surface area contributed by atoms with Crippen molar-refractivity contribution in [1.29, 1.82) is 0 Å². The number of ether oxygens (including phenoxy) is 1. The summed E-state index contributed by atoms with van der Waals surface area (Å²) in [6.07, 6.45) is 2.69. The third-order valence-corrected chi connectivity index (χ3v) is 6.39. The highest BCUT2D eigenvalue weighted by Gasteiger charge is 2.33. The predicted molar refractivity (Wildman–Crippen MR) is 118 cm³/mol. The summed E-state index contributed by atoms with van der Waals surface area (Å²) in [6.45, 7) is 8.04. The average Bonchev–Trinajstić information content (AvgIpc) is 2.71. The summed E-state index contributed by atoms with van der Waals surface area (Å²) < 4.78 is 45.0. The van der Waals surface area contributed by atoms with Gasteiger partial charge in [-0.15, -0.1) is 0 Å². The van der Waals surface area contributed by atoms with Gasteiger partial charge in [0, 0.05) is 0 Å². The number of phenols is 1. The second-order valence-corrected chi connectivity index (χ2v) is 8.97. The summed E-state index contributed by atoms with van der Waals surface area (Å²) in [4.78, 5) is 0. The van der Waals surface area contributed by atoms with E-state index in [-0.39, 0.29) is 5.60 Å². The minimum atomic E-state index is -4.30. The number of alkyl halides is 3. The maximum absolute atomic E-state index is 12.9. The zero-order valence-electron chi connectivity index (χ0n) is 18.7. The van der Waals surface area contributed by atoms with E-state index in [0.717, 1.165) is 60.6 Å². The monoisotopic (exact) mass is 432 g/mol. The minimum absolute atomic E-state index is 0.265. The lowest BCUT2D eigenvalue weighted by molar-refractivity contribution is -0.137. The number of rotatable bonds is 6. The molecule has 31 heavy (non-hydrogen) atoms. The maximum Gasteiger partial charge on any atom is 0.416 e. The standard InChI is InChI=1S/C26H31F3O2/c1-17(10-11-20-8-5-9-22(15-20)26(27,28)29)7-6-13-25(4)14-12-21-16-23(30)18(2)19(3)24(21)31-25/h5,7-9,15-16,30H,6,10-14H2,1-4H3/b17-7+. The number of allylic oxidation sites excluding steroid dienone is 2. The largest absolute Gasteiger partial charge is 0.508 e. The Morgan fingerprint density at radius 3 is 2.65 bits per heavy atom. The Labute approximate surface area is 182 Å². The molecule has 0 bridgehead atoms. The Bertz CT molecular complexity index is 975. The number of benzene rings is 2. The molecule has 5 heteroatoms. The fourth-order valence-corrected chi connectivity index (χ4v) is 4.11. The van der Waals surface area contributed by atoms with Gasteiger partial charge in [0.1, 0.15) is 17.1 Å². The molecule has 1 unspecified atom stereocenters. The minimum Gasteiger partial charge on any atom is -0.508 e. The van der Waals surface area contributed by atoms with Crippen LogP contribution in [0.3, 0.4) is 0 Å². The first-order chi connectivity index (χ1) is 14.5. The number of halogens is 3. The lowest BCUT2D eigenvalue weighted by atomic mass is 9.86. The fraction of sp³-hybridized carbons (Fsp3) is 0.462. The zero-order chi connectivity index (χ0) is 22.8. The van der Waals surface area contributed by atoms with Crippen molar-refractivity contribution in [3.8, 4) is 11.5 Å². The molecule has 2 aromatic rings. The van der Waals surface area contributed by atoms with Crippen LogP contribution in [0, 0.1) is 13.8 Å². The Morgan fingerprint density at radius 2 is 1.94 bits per heavy atom. The van der Waals surface area contributed by atoms with Crippen molar-refractivity contribution >= 4 is 0 Å². The molecule has 0 amide bonds. The Kier molecular flexibility index (Phi) is 6.73. The Morgan fingerprint density at radius 1 is 1.19 bits per heavy atom. The van der Waals surface area contributed by atoms with Gasteiger partial charge in [-0.2, -0.15) is 13.2 Å². The fourth-order valence-electron chi connectivity index (χ4n) is 4.11. The summed E-state index contributed by atoms with van der Waals surface area (Å²) >= 11 is 0. The van der Waals surface area contributed by atoms with E-state index in [2.05, 4.69) is 13.0 Å². The van der Waals surface area contributed by atoms with E-state index < -0.39 is 11.7 Å². The topological polar surface area (TPSA) is 29.5 Å². The normalized spacial score (nSPS) is 19.1. The number of phenolic OH excluding ortho intramolecular Hbond substituents is 1. The van der Waals surface area contributed by atoms with Crippen LogP contribution < -0.4 is 4.74 Å². The highest BCUT2D eigenvalue weighted by molar-refractivity contribution is 5.53. The van der Waals surface area contributed by atoms with Crippen LogP contribution in [0.15, 0.2) is 42.0 Å². The van der Waals surface area contributed by atoms with E-state index in [1.54, 1.807) is 6.07 Å². The van der Waals surface area contributed by atoms with Gasteiger partial charge in [0.15, 0.2) is 0 Å². The molecule has 0 spiro atoms. The van der Waals surface area contributed by atoms with Gasteiger partial charge in [0.05, 0.1) is 5.56 Å². The van der Waals surface area contributed by atoms with Crippen LogP contribution in [0.5, 0.6) is 11.5 Å². The van der Waals surface area contributed by atoms with E-state index in [1.165, 1.54) is 17.7 Å². The third-order valence-electron chi connectivity index (χ3n) is 6.39. The van der Waals surface area contributed by atoms with E-state index >= 15 is 0 Å². The molecule has 1 aliphatic heterocycles. The molecule has 0 fully saturated rings. The highest BCUT2D eigenvalue weighted by atomic mass is 19.4. The third kappa shape index (κ3) is 5.63. The van der Waals surface area contributed by atoms with Crippen molar-refractivity contribution in [2.45, 2.75) is 78.0 Å². The summed E-state index contributed by atoms with van der Waals surface area (Å²) in [5.41, 5.74) is 3.94. The Balaban J connectivity index is 1.56. The molecule has 2 nitrogen and oxygen atoms in total. The van der Waals surface area contributed by atoms with Crippen LogP contribution in [0.1, 0.15) is 67.3 Å². The van der Waals surface area contributed by atoms with Gasteiger partial charge >= 0.3 is 6.18 Å². The van der Waals surface area contributed by atoms with Crippen LogP contribution >= 0.6 is 0 Å². The lowest BCUT2D eigenvalue weighted by Gasteiger charge is -2.37. The van der Waals surface area contributed by atoms with E-state index in [4.69, 9.17) is 4.74 Å². The molecule has 1 N–H and O–H groups in total. The summed E-state index contributed by atoms with van der Waals surface area (Å²) in [5.74, 6) is 1.22. The van der Waals surface area contributed by atoms with Gasteiger partial charge < -0.3 is 9.84 Å². The maximum atomic E-state index is 12.9. The smallest absolute Gasteiger partial charge is 0.416 e.